The van der Waals surface area contributed by atoms with E-state index in [2.05, 4.69) is 42.4 Å². The van der Waals surface area contributed by atoms with Gasteiger partial charge in [0.15, 0.2) is 5.65 Å². The molecule has 1 aliphatic rings. The normalized spacial score (nSPS) is 14.1. The number of fused-ring (bicyclic) bond motifs is 2. The summed E-state index contributed by atoms with van der Waals surface area (Å²) in [6.07, 6.45) is 10.7. The number of hydrogen-bond acceptors (Lipinski definition) is 5. The maximum Gasteiger partial charge on any atom is 0.227 e. The van der Waals surface area contributed by atoms with Crippen LogP contribution < -0.4 is 10.6 Å². The molecule has 4 heterocycles. The van der Waals surface area contributed by atoms with E-state index in [0.717, 1.165) is 68.6 Å². The fraction of sp³-hybridized carbons (Fsp3) is 0.133. The number of halogens is 1. The standard InChI is InChI=1S/C30H26FN7O/c1-3-32-15-20(12-17(2)35-30(39)19-4-5-19)21-13-24-28(37-38-29(24)34-16-21)26-14-23-25(36-26)10-11-33-27(23)18-6-8-22(31)9-7-18/h3,6-16,19,32,36H,1,4-5H2,2H3,(H,35,39)(H,34,37,38)/b17-12+,20-15+. The molecule has 1 aromatic carbocycles. The smallest absolute Gasteiger partial charge is 0.227 e. The number of hydrogen-bond donors (Lipinski definition) is 4. The van der Waals surface area contributed by atoms with Crippen molar-refractivity contribution in [2.45, 2.75) is 19.8 Å². The summed E-state index contributed by atoms with van der Waals surface area (Å²) >= 11 is 0. The monoisotopic (exact) mass is 519 g/mol. The molecule has 0 atom stereocenters. The van der Waals surface area contributed by atoms with Gasteiger partial charge in [-0.25, -0.2) is 9.37 Å². The van der Waals surface area contributed by atoms with E-state index in [9.17, 15) is 9.18 Å². The van der Waals surface area contributed by atoms with Crippen LogP contribution >= 0.6 is 0 Å². The second kappa shape index (κ2) is 10.0. The minimum atomic E-state index is -0.292. The topological polar surface area (TPSA) is 111 Å². The molecule has 8 nitrogen and oxygen atoms in total. The molecule has 0 unspecified atom stereocenters. The summed E-state index contributed by atoms with van der Waals surface area (Å²) in [4.78, 5) is 24.8. The molecule has 4 aromatic heterocycles. The lowest BCUT2D eigenvalue weighted by molar-refractivity contribution is -0.121. The van der Waals surface area contributed by atoms with Crippen LogP contribution in [0, 0.1) is 11.7 Å². The molecule has 1 amide bonds. The number of amides is 1. The highest BCUT2D eigenvalue weighted by molar-refractivity contribution is 6.00. The third kappa shape index (κ3) is 4.94. The van der Waals surface area contributed by atoms with Crippen LogP contribution in [-0.4, -0.2) is 31.1 Å². The first-order chi connectivity index (χ1) is 19.0. The number of rotatable bonds is 8. The zero-order valence-electron chi connectivity index (χ0n) is 21.3. The van der Waals surface area contributed by atoms with E-state index in [1.54, 1.807) is 30.7 Å². The van der Waals surface area contributed by atoms with Crippen LogP contribution in [0.1, 0.15) is 25.3 Å². The largest absolute Gasteiger partial charge is 0.368 e. The molecule has 0 saturated heterocycles. The van der Waals surface area contributed by atoms with Gasteiger partial charge in [-0.05, 0) is 74.5 Å². The van der Waals surface area contributed by atoms with E-state index in [-0.39, 0.29) is 17.6 Å². The van der Waals surface area contributed by atoms with Crippen LogP contribution in [0.15, 0.2) is 85.6 Å². The Kier molecular flexibility index (Phi) is 6.24. The Balaban J connectivity index is 1.39. The first kappa shape index (κ1) is 24.3. The van der Waals surface area contributed by atoms with E-state index >= 15 is 0 Å². The summed E-state index contributed by atoms with van der Waals surface area (Å²) in [7, 11) is 0. The summed E-state index contributed by atoms with van der Waals surface area (Å²) in [5.74, 6) is -0.118. The first-order valence-corrected chi connectivity index (χ1v) is 12.6. The van der Waals surface area contributed by atoms with Gasteiger partial charge in [-0.15, -0.1) is 0 Å². The molecule has 1 fully saturated rings. The zero-order valence-corrected chi connectivity index (χ0v) is 21.3. The van der Waals surface area contributed by atoms with E-state index < -0.39 is 0 Å². The van der Waals surface area contributed by atoms with Crippen molar-refractivity contribution in [3.63, 3.8) is 0 Å². The van der Waals surface area contributed by atoms with Gasteiger partial charge < -0.3 is 15.6 Å². The molecule has 6 rings (SSSR count). The summed E-state index contributed by atoms with van der Waals surface area (Å²) in [6, 6.07) is 12.2. The Morgan fingerprint density at radius 2 is 1.95 bits per heavy atom. The van der Waals surface area contributed by atoms with Crippen molar-refractivity contribution in [3.05, 3.63) is 97.0 Å². The van der Waals surface area contributed by atoms with Crippen LogP contribution in [-0.2, 0) is 4.79 Å². The van der Waals surface area contributed by atoms with Gasteiger partial charge in [0.2, 0.25) is 5.91 Å². The van der Waals surface area contributed by atoms with Gasteiger partial charge in [0, 0.05) is 63.2 Å². The van der Waals surface area contributed by atoms with E-state index in [1.165, 1.54) is 12.1 Å². The molecule has 0 radical (unpaired) electrons. The number of H-pyrrole nitrogens is 2. The summed E-state index contributed by atoms with van der Waals surface area (Å²) in [5, 5.41) is 15.3. The summed E-state index contributed by atoms with van der Waals surface area (Å²) < 4.78 is 13.5. The Hall–Kier alpha value is -5.05. The maximum absolute atomic E-state index is 13.5. The second-order valence-electron chi connectivity index (χ2n) is 9.57. The van der Waals surface area contributed by atoms with Gasteiger partial charge in [-0.2, -0.15) is 5.10 Å². The lowest BCUT2D eigenvalue weighted by Gasteiger charge is -2.08. The molecule has 0 spiro atoms. The van der Waals surface area contributed by atoms with Crippen molar-refractivity contribution < 1.29 is 9.18 Å². The molecule has 1 saturated carbocycles. The molecule has 0 aliphatic heterocycles. The quantitative estimate of drug-likeness (QED) is 0.193. The number of aromatic amines is 2. The minimum Gasteiger partial charge on any atom is -0.368 e. The number of carbonyl (C=O) groups excluding carboxylic acids is 1. The molecule has 4 N–H and O–H groups in total. The summed E-state index contributed by atoms with van der Waals surface area (Å²) in [5.41, 5.74) is 7.05. The molecule has 9 heteroatoms. The lowest BCUT2D eigenvalue weighted by atomic mass is 10.0. The number of benzene rings is 1. The molecular weight excluding hydrogens is 493 g/mol. The second-order valence-corrected chi connectivity index (χ2v) is 9.57. The SMILES string of the molecule is C=CN/C=C(\C=C(/C)NC(=O)C1CC1)c1cnc2n[nH]c(-c3cc4c(-c5ccc(F)cc5)nccc4[nH]3)c2c1. The number of carbonyl (C=O) groups is 1. The van der Waals surface area contributed by atoms with Gasteiger partial charge >= 0.3 is 0 Å². The molecule has 194 valence electrons. The number of allylic oxidation sites excluding steroid dienone is 3. The van der Waals surface area contributed by atoms with Gasteiger partial charge in [-0.3, -0.25) is 14.9 Å². The van der Waals surface area contributed by atoms with Crippen LogP contribution in [0.5, 0.6) is 0 Å². The Bertz CT molecular complexity index is 1770. The Labute approximate surface area is 223 Å². The highest BCUT2D eigenvalue weighted by Crippen LogP contribution is 2.34. The highest BCUT2D eigenvalue weighted by Gasteiger charge is 2.29. The van der Waals surface area contributed by atoms with E-state index in [0.29, 0.717) is 5.65 Å². The Morgan fingerprint density at radius 3 is 2.72 bits per heavy atom. The van der Waals surface area contributed by atoms with Crippen molar-refractivity contribution in [2.24, 2.45) is 5.92 Å². The fourth-order valence-electron chi connectivity index (χ4n) is 4.56. The average Bonchev–Trinajstić information content (AvgIpc) is 3.57. The third-order valence-corrected chi connectivity index (χ3v) is 6.68. The lowest BCUT2D eigenvalue weighted by Crippen LogP contribution is -2.22. The third-order valence-electron chi connectivity index (χ3n) is 6.68. The van der Waals surface area contributed by atoms with Gasteiger partial charge in [-0.1, -0.05) is 6.58 Å². The van der Waals surface area contributed by atoms with Gasteiger partial charge in [0.25, 0.3) is 0 Å². The van der Waals surface area contributed by atoms with Crippen LogP contribution in [0.4, 0.5) is 4.39 Å². The number of pyridine rings is 2. The van der Waals surface area contributed by atoms with Crippen molar-refractivity contribution >= 4 is 33.4 Å². The van der Waals surface area contributed by atoms with Crippen molar-refractivity contribution in [1.82, 2.24) is 35.8 Å². The van der Waals surface area contributed by atoms with Crippen molar-refractivity contribution in [2.75, 3.05) is 0 Å². The predicted molar refractivity (Wildman–Crippen MR) is 150 cm³/mol. The van der Waals surface area contributed by atoms with E-state index in [1.807, 2.05) is 37.4 Å². The maximum atomic E-state index is 13.5. The van der Waals surface area contributed by atoms with Crippen molar-refractivity contribution in [3.8, 4) is 22.6 Å². The molecule has 0 bridgehead atoms. The summed E-state index contributed by atoms with van der Waals surface area (Å²) in [6.45, 7) is 5.60. The van der Waals surface area contributed by atoms with Gasteiger partial charge in [0.1, 0.15) is 5.82 Å². The van der Waals surface area contributed by atoms with Crippen molar-refractivity contribution in [1.29, 1.82) is 0 Å². The molecule has 5 aromatic rings. The zero-order chi connectivity index (χ0) is 26.9. The Morgan fingerprint density at radius 1 is 1.13 bits per heavy atom. The van der Waals surface area contributed by atoms with Crippen LogP contribution in [0.2, 0.25) is 0 Å². The average molecular weight is 520 g/mol. The molecule has 39 heavy (non-hydrogen) atoms. The minimum absolute atomic E-state index is 0.0544. The first-order valence-electron chi connectivity index (χ1n) is 12.6. The van der Waals surface area contributed by atoms with Crippen LogP contribution in [0.3, 0.4) is 0 Å². The number of nitrogens with zero attached hydrogens (tertiary/aromatic N) is 3. The predicted octanol–water partition coefficient (Wildman–Crippen LogP) is 5.81. The fourth-order valence-corrected chi connectivity index (χ4v) is 4.56. The number of aromatic nitrogens is 5. The van der Waals surface area contributed by atoms with Crippen LogP contribution in [0.25, 0.3) is 50.2 Å². The number of nitrogens with one attached hydrogen (secondary N) is 4. The van der Waals surface area contributed by atoms with E-state index in [4.69, 9.17) is 0 Å². The molecular formula is C30H26FN7O. The highest BCUT2D eigenvalue weighted by atomic mass is 19.1. The van der Waals surface area contributed by atoms with Gasteiger partial charge in [0.05, 0.1) is 17.1 Å². The molecule has 1 aliphatic carbocycles.